The van der Waals surface area contributed by atoms with Crippen LogP contribution >= 0.6 is 0 Å². The molecule has 0 aliphatic carbocycles. The van der Waals surface area contributed by atoms with Gasteiger partial charge in [-0.05, 0) is 128 Å². The Hall–Kier alpha value is -3.93. The smallest absolute Gasteiger partial charge is 0.306 e. The van der Waals surface area contributed by atoms with Crippen molar-refractivity contribution in [1.82, 2.24) is 0 Å². The SMILES string of the molecule is CC/C=C\C/C=C\C/C=C\C/C=C\C/C=C\C/C=C\CCCCCCCCCCC(=O)OCC(COC(=O)CCCCCCC/C=C\CCCCCCC)OC(=O)CCCCCCCCCCC/C=C\C/C=C\CCCCC. The quantitative estimate of drug-likeness (QED) is 0.0261. The van der Waals surface area contributed by atoms with Crippen LogP contribution in [0.3, 0.4) is 0 Å². The highest BCUT2D eigenvalue weighted by Crippen LogP contribution is 2.16. The van der Waals surface area contributed by atoms with Crippen molar-refractivity contribution >= 4 is 17.9 Å². The molecule has 0 radical (unpaired) electrons. The van der Waals surface area contributed by atoms with Crippen LogP contribution in [-0.2, 0) is 28.6 Å². The molecule has 0 heterocycles. The van der Waals surface area contributed by atoms with E-state index in [4.69, 9.17) is 14.2 Å². The molecular weight excluding hydrogens is 961 g/mol. The lowest BCUT2D eigenvalue weighted by atomic mass is 10.1. The minimum absolute atomic E-state index is 0.0863. The first-order valence-corrected chi connectivity index (χ1v) is 32.9. The maximum atomic E-state index is 12.9. The minimum Gasteiger partial charge on any atom is -0.462 e. The topological polar surface area (TPSA) is 78.9 Å². The van der Waals surface area contributed by atoms with Crippen molar-refractivity contribution < 1.29 is 28.6 Å². The molecule has 1 unspecified atom stereocenters. The van der Waals surface area contributed by atoms with Gasteiger partial charge < -0.3 is 14.2 Å². The van der Waals surface area contributed by atoms with Crippen LogP contribution in [0.15, 0.2) is 109 Å². The van der Waals surface area contributed by atoms with Crippen molar-refractivity contribution in [2.24, 2.45) is 0 Å². The highest BCUT2D eigenvalue weighted by Gasteiger charge is 2.19. The molecule has 0 spiro atoms. The molecule has 446 valence electrons. The number of unbranched alkanes of at least 4 members (excludes halogenated alkanes) is 30. The Morgan fingerprint density at radius 3 is 0.821 bits per heavy atom. The zero-order valence-corrected chi connectivity index (χ0v) is 51.2. The Morgan fingerprint density at radius 2 is 0.500 bits per heavy atom. The molecule has 0 amide bonds. The molecule has 0 N–H and O–H groups in total. The summed E-state index contributed by atoms with van der Waals surface area (Å²) in [7, 11) is 0. The van der Waals surface area contributed by atoms with Crippen molar-refractivity contribution in [2.75, 3.05) is 13.2 Å². The second-order valence-electron chi connectivity index (χ2n) is 21.6. The van der Waals surface area contributed by atoms with Gasteiger partial charge in [0.1, 0.15) is 13.2 Å². The molecule has 0 aromatic heterocycles. The van der Waals surface area contributed by atoms with E-state index in [-0.39, 0.29) is 31.1 Å². The number of allylic oxidation sites excluding steroid dienone is 18. The van der Waals surface area contributed by atoms with Gasteiger partial charge in [0.25, 0.3) is 0 Å². The van der Waals surface area contributed by atoms with E-state index in [0.29, 0.717) is 19.3 Å². The molecule has 0 saturated carbocycles. The van der Waals surface area contributed by atoms with Gasteiger partial charge >= 0.3 is 17.9 Å². The number of carbonyl (C=O) groups is 3. The third-order valence-electron chi connectivity index (χ3n) is 14.0. The summed E-state index contributed by atoms with van der Waals surface area (Å²) < 4.78 is 16.9. The summed E-state index contributed by atoms with van der Waals surface area (Å²) in [6.45, 7) is 6.50. The summed E-state index contributed by atoms with van der Waals surface area (Å²) >= 11 is 0. The number of esters is 3. The van der Waals surface area contributed by atoms with Crippen LogP contribution in [0.5, 0.6) is 0 Å². The summed E-state index contributed by atoms with van der Waals surface area (Å²) in [5.74, 6) is -0.898. The Bertz CT molecular complexity index is 1570. The largest absolute Gasteiger partial charge is 0.462 e. The molecule has 0 aromatic carbocycles. The Morgan fingerprint density at radius 1 is 0.269 bits per heavy atom. The van der Waals surface area contributed by atoms with Gasteiger partial charge in [-0.15, -0.1) is 0 Å². The van der Waals surface area contributed by atoms with Gasteiger partial charge in [0, 0.05) is 19.3 Å². The van der Waals surface area contributed by atoms with Crippen molar-refractivity contribution in [3.8, 4) is 0 Å². The van der Waals surface area contributed by atoms with Crippen molar-refractivity contribution in [3.63, 3.8) is 0 Å². The van der Waals surface area contributed by atoms with Gasteiger partial charge in [0.2, 0.25) is 0 Å². The van der Waals surface area contributed by atoms with Crippen molar-refractivity contribution in [1.29, 1.82) is 0 Å². The van der Waals surface area contributed by atoms with E-state index in [1.807, 2.05) is 0 Å². The molecule has 0 fully saturated rings. The van der Waals surface area contributed by atoms with Crippen LogP contribution in [0.2, 0.25) is 0 Å². The van der Waals surface area contributed by atoms with E-state index in [2.05, 4.69) is 130 Å². The maximum Gasteiger partial charge on any atom is 0.306 e. The second-order valence-corrected chi connectivity index (χ2v) is 21.6. The fourth-order valence-electron chi connectivity index (χ4n) is 9.06. The molecule has 0 aromatic rings. The Kier molecular flexibility index (Phi) is 62.3. The van der Waals surface area contributed by atoms with Crippen molar-refractivity contribution in [2.45, 2.75) is 316 Å². The number of carbonyl (C=O) groups excluding carboxylic acids is 3. The van der Waals surface area contributed by atoms with E-state index in [9.17, 15) is 14.4 Å². The lowest BCUT2D eigenvalue weighted by molar-refractivity contribution is -0.167. The molecule has 6 nitrogen and oxygen atoms in total. The molecular formula is C72H122O6. The summed E-state index contributed by atoms with van der Waals surface area (Å²) in [4.78, 5) is 38.4. The summed E-state index contributed by atoms with van der Waals surface area (Å²) in [6.07, 6.45) is 89.4. The highest BCUT2D eigenvalue weighted by atomic mass is 16.6. The molecule has 0 bridgehead atoms. The number of hydrogen-bond acceptors (Lipinski definition) is 6. The fourth-order valence-corrected chi connectivity index (χ4v) is 9.06. The predicted octanol–water partition coefficient (Wildman–Crippen LogP) is 22.6. The number of ether oxygens (including phenoxy) is 3. The first-order valence-electron chi connectivity index (χ1n) is 32.9. The number of hydrogen-bond donors (Lipinski definition) is 0. The molecule has 0 rings (SSSR count). The third kappa shape index (κ3) is 62.9. The number of rotatable bonds is 59. The van der Waals surface area contributed by atoms with Crippen molar-refractivity contribution in [3.05, 3.63) is 109 Å². The first kappa shape index (κ1) is 74.1. The van der Waals surface area contributed by atoms with E-state index >= 15 is 0 Å². The molecule has 0 saturated heterocycles. The van der Waals surface area contributed by atoms with Crippen LogP contribution in [0, 0.1) is 0 Å². The normalized spacial score (nSPS) is 12.8. The average molecular weight is 1080 g/mol. The molecule has 0 aliphatic rings. The van der Waals surface area contributed by atoms with Crippen LogP contribution < -0.4 is 0 Å². The van der Waals surface area contributed by atoms with Gasteiger partial charge in [-0.2, -0.15) is 0 Å². The zero-order chi connectivity index (χ0) is 56.4. The molecule has 6 heteroatoms. The van der Waals surface area contributed by atoms with Gasteiger partial charge in [0.05, 0.1) is 0 Å². The summed E-state index contributed by atoms with van der Waals surface area (Å²) in [6, 6.07) is 0. The summed E-state index contributed by atoms with van der Waals surface area (Å²) in [5, 5.41) is 0. The lowest BCUT2D eigenvalue weighted by Crippen LogP contribution is -2.30. The molecule has 0 aliphatic heterocycles. The molecule has 1 atom stereocenters. The molecule has 78 heavy (non-hydrogen) atoms. The third-order valence-corrected chi connectivity index (χ3v) is 14.0. The lowest BCUT2D eigenvalue weighted by Gasteiger charge is -2.18. The Balaban J connectivity index is 4.36. The standard InChI is InChI=1S/C72H122O6/c1-4-7-10-13-16-19-22-25-28-30-32-33-34-35-36-37-38-39-41-42-44-47-50-53-56-59-62-65-71(74)77-68-69(67-76-70(73)64-61-58-55-52-49-46-27-24-21-18-15-12-9-6-3)78-72(75)66-63-60-57-54-51-48-45-43-40-31-29-26-23-20-17-14-11-8-5-2/h7,10,16-17,19-20,24-29,32-33,35-36,38-39,69H,4-6,8-9,11-15,18,21-23,30-31,34,37,40-68H2,1-3H3/b10-7-,19-16-,20-17-,27-24-,28-25-,29-26-,33-32-,36-35-,39-38-. The van der Waals surface area contributed by atoms with E-state index in [0.717, 1.165) is 116 Å². The summed E-state index contributed by atoms with van der Waals surface area (Å²) in [5.41, 5.74) is 0. The predicted molar refractivity (Wildman–Crippen MR) is 339 cm³/mol. The second kappa shape index (κ2) is 65.6. The van der Waals surface area contributed by atoms with Gasteiger partial charge in [-0.3, -0.25) is 14.4 Å². The van der Waals surface area contributed by atoms with E-state index in [1.54, 1.807) is 0 Å². The average Bonchev–Trinajstić information content (AvgIpc) is 3.44. The van der Waals surface area contributed by atoms with Gasteiger partial charge in [0.15, 0.2) is 6.10 Å². The van der Waals surface area contributed by atoms with E-state index in [1.165, 1.54) is 154 Å². The maximum absolute atomic E-state index is 12.9. The van der Waals surface area contributed by atoms with Crippen LogP contribution in [0.4, 0.5) is 0 Å². The first-order chi connectivity index (χ1) is 38.5. The van der Waals surface area contributed by atoms with Gasteiger partial charge in [-0.25, -0.2) is 0 Å². The van der Waals surface area contributed by atoms with Gasteiger partial charge in [-0.1, -0.05) is 271 Å². The Labute approximate surface area is 482 Å². The fraction of sp³-hybridized carbons (Fsp3) is 0.708. The monoisotopic (exact) mass is 1080 g/mol. The van der Waals surface area contributed by atoms with Crippen LogP contribution in [-0.4, -0.2) is 37.2 Å². The zero-order valence-electron chi connectivity index (χ0n) is 51.2. The highest BCUT2D eigenvalue weighted by molar-refractivity contribution is 5.71. The van der Waals surface area contributed by atoms with Crippen LogP contribution in [0.25, 0.3) is 0 Å². The van der Waals surface area contributed by atoms with Crippen LogP contribution in [0.1, 0.15) is 310 Å². The van der Waals surface area contributed by atoms with E-state index < -0.39 is 6.10 Å². The minimum atomic E-state index is -0.790.